The Bertz CT molecular complexity index is 732. The Hall–Kier alpha value is -1.54. The van der Waals surface area contributed by atoms with Gasteiger partial charge in [0.15, 0.2) is 0 Å². The monoisotopic (exact) mass is 368 g/mol. The second-order valence-electron chi connectivity index (χ2n) is 4.58. The van der Waals surface area contributed by atoms with E-state index in [0.717, 1.165) is 4.88 Å². The van der Waals surface area contributed by atoms with Gasteiger partial charge in [-0.05, 0) is 35.7 Å². The quantitative estimate of drug-likeness (QED) is 0.636. The molecule has 120 valence electrons. The van der Waals surface area contributed by atoms with Gasteiger partial charge in [-0.2, -0.15) is 0 Å². The van der Waals surface area contributed by atoms with Gasteiger partial charge in [0.1, 0.15) is 12.4 Å². The molecule has 23 heavy (non-hydrogen) atoms. The summed E-state index contributed by atoms with van der Waals surface area (Å²) in [5.41, 5.74) is 0. The summed E-state index contributed by atoms with van der Waals surface area (Å²) in [6.45, 7) is 0.181. The number of nitrogens with zero attached hydrogens (tertiary/aromatic N) is 2. The van der Waals surface area contributed by atoms with E-state index in [-0.39, 0.29) is 6.61 Å². The molecule has 2 aromatic heterocycles. The number of thiophene rings is 1. The van der Waals surface area contributed by atoms with Crippen LogP contribution >= 0.6 is 34.7 Å². The Morgan fingerprint density at radius 3 is 2.83 bits per heavy atom. The number of hydrogen-bond acceptors (Lipinski definition) is 7. The Morgan fingerprint density at radius 2 is 2.09 bits per heavy atom. The van der Waals surface area contributed by atoms with Crippen LogP contribution in [0.2, 0.25) is 5.02 Å². The van der Waals surface area contributed by atoms with Crippen molar-refractivity contribution < 1.29 is 14.3 Å². The average molecular weight is 369 g/mol. The molecule has 0 spiro atoms. The van der Waals surface area contributed by atoms with Crippen LogP contribution in [0.4, 0.5) is 0 Å². The van der Waals surface area contributed by atoms with Gasteiger partial charge in [0.2, 0.25) is 0 Å². The van der Waals surface area contributed by atoms with Crippen LogP contribution in [0.1, 0.15) is 0 Å². The fourth-order valence-electron chi connectivity index (χ4n) is 1.71. The predicted molar refractivity (Wildman–Crippen MR) is 91.3 cm³/mol. The fourth-order valence-corrected chi connectivity index (χ4v) is 3.14. The lowest BCUT2D eigenvalue weighted by Gasteiger charge is -2.10. The molecule has 3 rings (SSSR count). The van der Waals surface area contributed by atoms with Crippen molar-refractivity contribution in [1.29, 1.82) is 0 Å². The molecule has 1 N–H and O–H groups in total. The maximum atomic E-state index is 9.96. The minimum atomic E-state index is -0.646. The van der Waals surface area contributed by atoms with Crippen LogP contribution in [0.3, 0.4) is 0 Å². The molecule has 0 amide bonds. The van der Waals surface area contributed by atoms with E-state index in [0.29, 0.717) is 27.6 Å². The van der Waals surface area contributed by atoms with E-state index in [1.54, 1.807) is 24.3 Å². The van der Waals surface area contributed by atoms with E-state index in [9.17, 15) is 5.11 Å². The van der Waals surface area contributed by atoms with Crippen LogP contribution < -0.4 is 4.74 Å². The zero-order valence-corrected chi connectivity index (χ0v) is 14.3. The Labute approximate surface area is 146 Å². The van der Waals surface area contributed by atoms with Gasteiger partial charge in [0, 0.05) is 10.8 Å². The zero-order chi connectivity index (χ0) is 16.1. The van der Waals surface area contributed by atoms with Gasteiger partial charge in [-0.1, -0.05) is 29.4 Å². The summed E-state index contributed by atoms with van der Waals surface area (Å²) in [6, 6.07) is 10.8. The van der Waals surface area contributed by atoms with E-state index in [2.05, 4.69) is 10.2 Å². The lowest BCUT2D eigenvalue weighted by Crippen LogP contribution is -2.20. The number of ether oxygens (including phenoxy) is 1. The minimum absolute atomic E-state index is 0.181. The standard InChI is InChI=1S/C15H13ClN2O3S2/c16-10-3-5-12(6-4-10)20-8-11(19)9-23-15-18-17-14(21-15)13-2-1-7-22-13/h1-7,11,19H,8-9H2. The first-order chi connectivity index (χ1) is 11.2. The lowest BCUT2D eigenvalue weighted by molar-refractivity contribution is 0.126. The minimum Gasteiger partial charge on any atom is -0.491 e. The van der Waals surface area contributed by atoms with E-state index in [1.165, 1.54) is 23.1 Å². The first-order valence-electron chi connectivity index (χ1n) is 6.77. The summed E-state index contributed by atoms with van der Waals surface area (Å²) in [5.74, 6) is 1.56. The van der Waals surface area contributed by atoms with E-state index in [4.69, 9.17) is 20.8 Å². The summed E-state index contributed by atoms with van der Waals surface area (Å²) in [5, 5.41) is 20.9. The van der Waals surface area contributed by atoms with Crippen LogP contribution in [-0.2, 0) is 0 Å². The molecule has 1 atom stereocenters. The molecular formula is C15H13ClN2O3S2. The number of aliphatic hydroxyl groups is 1. The molecule has 0 fully saturated rings. The van der Waals surface area contributed by atoms with Gasteiger partial charge in [-0.25, -0.2) is 0 Å². The van der Waals surface area contributed by atoms with Crippen LogP contribution in [-0.4, -0.2) is 33.8 Å². The Balaban J connectivity index is 1.45. The summed E-state index contributed by atoms with van der Waals surface area (Å²) in [7, 11) is 0. The molecule has 0 saturated carbocycles. The van der Waals surface area contributed by atoms with Crippen molar-refractivity contribution in [1.82, 2.24) is 10.2 Å². The molecule has 2 heterocycles. The molecule has 0 radical (unpaired) electrons. The van der Waals surface area contributed by atoms with Gasteiger partial charge in [0.05, 0.1) is 11.0 Å². The average Bonchev–Trinajstić information content (AvgIpc) is 3.23. The van der Waals surface area contributed by atoms with E-state index in [1.807, 2.05) is 17.5 Å². The number of aromatic nitrogens is 2. The van der Waals surface area contributed by atoms with Crippen molar-refractivity contribution in [2.24, 2.45) is 0 Å². The zero-order valence-electron chi connectivity index (χ0n) is 11.9. The molecule has 0 bridgehead atoms. The van der Waals surface area contributed by atoms with Crippen LogP contribution in [0.15, 0.2) is 51.4 Å². The van der Waals surface area contributed by atoms with Crippen molar-refractivity contribution in [3.8, 4) is 16.5 Å². The molecule has 0 aliphatic heterocycles. The number of benzene rings is 1. The third-order valence-electron chi connectivity index (χ3n) is 2.79. The highest BCUT2D eigenvalue weighted by Gasteiger charge is 2.12. The highest BCUT2D eigenvalue weighted by Crippen LogP contribution is 2.26. The van der Waals surface area contributed by atoms with Gasteiger partial charge >= 0.3 is 0 Å². The number of hydrogen-bond donors (Lipinski definition) is 1. The first kappa shape index (κ1) is 16.3. The molecule has 0 aliphatic rings. The van der Waals surface area contributed by atoms with Crippen molar-refractivity contribution in [3.05, 3.63) is 46.8 Å². The highest BCUT2D eigenvalue weighted by atomic mass is 35.5. The van der Waals surface area contributed by atoms with Crippen molar-refractivity contribution in [2.75, 3.05) is 12.4 Å². The molecule has 5 nitrogen and oxygen atoms in total. The third kappa shape index (κ3) is 4.71. The van der Waals surface area contributed by atoms with E-state index >= 15 is 0 Å². The van der Waals surface area contributed by atoms with E-state index < -0.39 is 6.10 Å². The SMILES string of the molecule is OC(COc1ccc(Cl)cc1)CSc1nnc(-c2cccs2)o1. The van der Waals surface area contributed by atoms with Gasteiger partial charge in [0.25, 0.3) is 11.1 Å². The smallest absolute Gasteiger partial charge is 0.276 e. The molecule has 8 heteroatoms. The van der Waals surface area contributed by atoms with Crippen LogP contribution in [0, 0.1) is 0 Å². The largest absolute Gasteiger partial charge is 0.491 e. The maximum absolute atomic E-state index is 9.96. The van der Waals surface area contributed by atoms with Crippen LogP contribution in [0.25, 0.3) is 10.8 Å². The molecule has 3 aromatic rings. The molecule has 0 aliphatic carbocycles. The Kier molecular flexibility index (Phi) is 5.56. The highest BCUT2D eigenvalue weighted by molar-refractivity contribution is 7.99. The van der Waals surface area contributed by atoms with Gasteiger partial charge < -0.3 is 14.3 Å². The van der Waals surface area contributed by atoms with Gasteiger partial charge in [-0.15, -0.1) is 21.5 Å². The number of halogens is 1. The second-order valence-corrected chi connectivity index (χ2v) is 6.94. The fraction of sp³-hybridized carbons (Fsp3) is 0.200. The summed E-state index contributed by atoms with van der Waals surface area (Å²) in [4.78, 5) is 0.927. The maximum Gasteiger partial charge on any atom is 0.276 e. The molecule has 1 aromatic carbocycles. The van der Waals surface area contributed by atoms with Crippen molar-refractivity contribution in [2.45, 2.75) is 11.3 Å². The summed E-state index contributed by atoms with van der Waals surface area (Å²) < 4.78 is 11.0. The molecular weight excluding hydrogens is 356 g/mol. The second kappa shape index (κ2) is 7.83. The lowest BCUT2D eigenvalue weighted by atomic mass is 10.3. The number of aliphatic hydroxyl groups excluding tert-OH is 1. The molecule has 1 unspecified atom stereocenters. The van der Waals surface area contributed by atoms with Crippen molar-refractivity contribution in [3.63, 3.8) is 0 Å². The Morgan fingerprint density at radius 1 is 1.26 bits per heavy atom. The number of rotatable bonds is 7. The third-order valence-corrected chi connectivity index (χ3v) is 4.87. The summed E-state index contributed by atoms with van der Waals surface area (Å²) in [6.07, 6.45) is -0.646. The predicted octanol–water partition coefficient (Wildman–Crippen LogP) is 3.98. The molecule has 0 saturated heterocycles. The summed E-state index contributed by atoms with van der Waals surface area (Å²) >= 11 is 8.63. The number of thioether (sulfide) groups is 1. The van der Waals surface area contributed by atoms with Gasteiger partial charge in [-0.3, -0.25) is 0 Å². The normalized spacial score (nSPS) is 12.3. The van der Waals surface area contributed by atoms with Crippen molar-refractivity contribution >= 4 is 34.7 Å². The van der Waals surface area contributed by atoms with Crippen LogP contribution in [0.5, 0.6) is 5.75 Å². The topological polar surface area (TPSA) is 68.4 Å². The first-order valence-corrected chi connectivity index (χ1v) is 9.01.